The second-order valence-electron chi connectivity index (χ2n) is 7.78. The van der Waals surface area contributed by atoms with Gasteiger partial charge in [0, 0.05) is 37.4 Å². The SMILES string of the molecule is CCN1CCC[C@@H](CN(C)[C@H]2CCCC[C@H]2O)[C@@H]1c1cnn(C)c1. The Morgan fingerprint density at radius 2 is 2.04 bits per heavy atom. The van der Waals surface area contributed by atoms with E-state index >= 15 is 0 Å². The number of piperidine rings is 1. The third-order valence-electron chi connectivity index (χ3n) is 6.12. The molecule has 4 atom stereocenters. The molecule has 1 aliphatic heterocycles. The average molecular weight is 335 g/mol. The van der Waals surface area contributed by atoms with E-state index in [1.807, 2.05) is 17.9 Å². The quantitative estimate of drug-likeness (QED) is 0.898. The molecular weight excluding hydrogens is 300 g/mol. The highest BCUT2D eigenvalue weighted by Gasteiger charge is 2.35. The van der Waals surface area contributed by atoms with Crippen molar-refractivity contribution in [3.63, 3.8) is 0 Å². The van der Waals surface area contributed by atoms with Crippen molar-refractivity contribution < 1.29 is 5.11 Å². The van der Waals surface area contributed by atoms with Crippen LogP contribution in [-0.4, -0.2) is 63.5 Å². The third kappa shape index (κ3) is 3.84. The zero-order valence-corrected chi connectivity index (χ0v) is 15.6. The molecule has 1 saturated carbocycles. The van der Waals surface area contributed by atoms with Gasteiger partial charge in [-0.1, -0.05) is 19.8 Å². The van der Waals surface area contributed by atoms with Gasteiger partial charge < -0.3 is 10.0 Å². The van der Waals surface area contributed by atoms with Crippen molar-refractivity contribution in [1.29, 1.82) is 0 Å². The summed E-state index contributed by atoms with van der Waals surface area (Å²) in [5.74, 6) is 0.613. The van der Waals surface area contributed by atoms with E-state index in [2.05, 4.69) is 35.1 Å². The summed E-state index contributed by atoms with van der Waals surface area (Å²) in [5.41, 5.74) is 1.35. The molecule has 0 spiro atoms. The number of aliphatic hydroxyl groups is 1. The number of hydrogen-bond donors (Lipinski definition) is 1. The normalized spacial score (nSPS) is 32.4. The van der Waals surface area contributed by atoms with E-state index in [0.29, 0.717) is 18.0 Å². The Kier molecular flexibility index (Phi) is 5.95. The van der Waals surface area contributed by atoms with E-state index in [4.69, 9.17) is 0 Å². The lowest BCUT2D eigenvalue weighted by molar-refractivity contribution is 0.00676. The lowest BCUT2D eigenvalue weighted by Crippen LogP contribution is -2.48. The molecule has 0 amide bonds. The minimum absolute atomic E-state index is 0.147. The van der Waals surface area contributed by atoms with Crippen molar-refractivity contribution in [2.45, 2.75) is 63.6 Å². The van der Waals surface area contributed by atoms with Gasteiger partial charge in [-0.2, -0.15) is 5.10 Å². The first kappa shape index (κ1) is 17.9. The van der Waals surface area contributed by atoms with Crippen LogP contribution in [0.5, 0.6) is 0 Å². The van der Waals surface area contributed by atoms with E-state index < -0.39 is 0 Å². The Bertz CT molecular complexity index is 517. The molecule has 0 radical (unpaired) electrons. The predicted molar refractivity (Wildman–Crippen MR) is 96.8 cm³/mol. The fourth-order valence-corrected chi connectivity index (χ4v) is 4.88. The van der Waals surface area contributed by atoms with Crippen LogP contribution in [0.2, 0.25) is 0 Å². The molecule has 5 nitrogen and oxygen atoms in total. The highest BCUT2D eigenvalue weighted by Crippen LogP contribution is 2.37. The number of aliphatic hydroxyl groups excluding tert-OH is 1. The van der Waals surface area contributed by atoms with Crippen LogP contribution in [0.15, 0.2) is 12.4 Å². The number of rotatable bonds is 5. The van der Waals surface area contributed by atoms with Crippen LogP contribution in [0.4, 0.5) is 0 Å². The molecule has 5 heteroatoms. The van der Waals surface area contributed by atoms with Gasteiger partial charge in [0.25, 0.3) is 0 Å². The molecular formula is C19H34N4O. The van der Waals surface area contributed by atoms with Crippen molar-refractivity contribution >= 4 is 0 Å². The van der Waals surface area contributed by atoms with Crippen LogP contribution in [0.3, 0.4) is 0 Å². The van der Waals surface area contributed by atoms with E-state index in [1.165, 1.54) is 37.8 Å². The van der Waals surface area contributed by atoms with E-state index in [9.17, 15) is 5.11 Å². The molecule has 0 bridgehead atoms. The zero-order valence-electron chi connectivity index (χ0n) is 15.6. The number of aryl methyl sites for hydroxylation is 1. The Morgan fingerprint density at radius 1 is 1.25 bits per heavy atom. The van der Waals surface area contributed by atoms with Crippen molar-refractivity contribution in [3.8, 4) is 0 Å². The second kappa shape index (κ2) is 7.98. The minimum Gasteiger partial charge on any atom is -0.391 e. The molecule has 1 aromatic heterocycles. The summed E-state index contributed by atoms with van der Waals surface area (Å²) in [7, 11) is 4.21. The molecule has 1 aliphatic carbocycles. The smallest absolute Gasteiger partial charge is 0.0695 e. The van der Waals surface area contributed by atoms with E-state index in [-0.39, 0.29) is 6.10 Å². The summed E-state index contributed by atoms with van der Waals surface area (Å²) in [5, 5.41) is 14.8. The molecule has 136 valence electrons. The second-order valence-corrected chi connectivity index (χ2v) is 7.78. The lowest BCUT2D eigenvalue weighted by Gasteiger charge is -2.44. The lowest BCUT2D eigenvalue weighted by atomic mass is 9.84. The van der Waals surface area contributed by atoms with Crippen LogP contribution in [0.1, 0.15) is 57.1 Å². The number of nitrogens with zero attached hydrogens (tertiary/aromatic N) is 4. The molecule has 2 heterocycles. The topological polar surface area (TPSA) is 44.5 Å². The largest absolute Gasteiger partial charge is 0.391 e. The maximum atomic E-state index is 10.4. The van der Waals surface area contributed by atoms with Gasteiger partial charge in [0.2, 0.25) is 0 Å². The highest BCUT2D eigenvalue weighted by atomic mass is 16.3. The maximum Gasteiger partial charge on any atom is 0.0695 e. The van der Waals surface area contributed by atoms with Gasteiger partial charge in [-0.25, -0.2) is 0 Å². The molecule has 2 fully saturated rings. The highest BCUT2D eigenvalue weighted by molar-refractivity contribution is 5.13. The molecule has 2 aliphatic rings. The van der Waals surface area contributed by atoms with Crippen molar-refractivity contribution in [3.05, 3.63) is 18.0 Å². The van der Waals surface area contributed by atoms with E-state index in [0.717, 1.165) is 25.9 Å². The first-order chi connectivity index (χ1) is 11.6. The summed E-state index contributed by atoms with van der Waals surface area (Å²) >= 11 is 0. The standard InChI is InChI=1S/C19H34N4O/c1-4-23-11-7-8-15(19(23)16-12-20-22(3)14-16)13-21(2)17-9-5-6-10-18(17)24/h12,14-15,17-19,24H,4-11,13H2,1-3H3/t15-,17-,18+,19+/m0/s1. The van der Waals surface area contributed by atoms with Crippen LogP contribution in [0.25, 0.3) is 0 Å². The van der Waals surface area contributed by atoms with Crippen molar-refractivity contribution in [1.82, 2.24) is 19.6 Å². The number of aromatic nitrogens is 2. The van der Waals surface area contributed by atoms with Gasteiger partial charge in [-0.05, 0) is 51.7 Å². The fourth-order valence-electron chi connectivity index (χ4n) is 4.88. The molecule has 1 aromatic rings. The Morgan fingerprint density at radius 3 is 2.71 bits per heavy atom. The Hall–Kier alpha value is -0.910. The Balaban J connectivity index is 1.73. The van der Waals surface area contributed by atoms with Gasteiger partial charge in [-0.15, -0.1) is 0 Å². The first-order valence-electron chi connectivity index (χ1n) is 9.71. The molecule has 3 rings (SSSR count). The van der Waals surface area contributed by atoms with Crippen LogP contribution in [0, 0.1) is 5.92 Å². The van der Waals surface area contributed by atoms with E-state index in [1.54, 1.807) is 0 Å². The number of likely N-dealkylation sites (N-methyl/N-ethyl adjacent to an activating group) is 1. The number of hydrogen-bond acceptors (Lipinski definition) is 4. The van der Waals surface area contributed by atoms with Gasteiger partial charge >= 0.3 is 0 Å². The summed E-state index contributed by atoms with van der Waals surface area (Å²) in [6.45, 7) is 5.60. The Labute approximate surface area is 146 Å². The maximum absolute atomic E-state index is 10.4. The van der Waals surface area contributed by atoms with Crippen LogP contribution in [-0.2, 0) is 7.05 Å². The number of likely N-dealkylation sites (tertiary alicyclic amines) is 1. The summed E-state index contributed by atoms with van der Waals surface area (Å²) in [6, 6.07) is 0.797. The van der Waals surface area contributed by atoms with Gasteiger partial charge in [0.15, 0.2) is 0 Å². The van der Waals surface area contributed by atoms with Crippen LogP contribution >= 0.6 is 0 Å². The molecule has 0 aromatic carbocycles. The molecule has 0 unspecified atom stereocenters. The fraction of sp³-hybridized carbons (Fsp3) is 0.842. The van der Waals surface area contributed by atoms with Gasteiger partial charge in [-0.3, -0.25) is 9.58 Å². The summed E-state index contributed by atoms with van der Waals surface area (Å²) in [4.78, 5) is 5.05. The summed E-state index contributed by atoms with van der Waals surface area (Å²) < 4.78 is 1.92. The monoisotopic (exact) mass is 334 g/mol. The van der Waals surface area contributed by atoms with Crippen molar-refractivity contribution in [2.75, 3.05) is 26.7 Å². The van der Waals surface area contributed by atoms with Gasteiger partial charge in [0.1, 0.15) is 0 Å². The third-order valence-corrected chi connectivity index (χ3v) is 6.12. The molecule has 1 saturated heterocycles. The molecule has 1 N–H and O–H groups in total. The minimum atomic E-state index is -0.147. The average Bonchev–Trinajstić information content (AvgIpc) is 3.01. The molecule has 24 heavy (non-hydrogen) atoms. The first-order valence-corrected chi connectivity index (χ1v) is 9.71. The zero-order chi connectivity index (χ0) is 17.1. The van der Waals surface area contributed by atoms with Crippen molar-refractivity contribution in [2.24, 2.45) is 13.0 Å². The van der Waals surface area contributed by atoms with Crippen LogP contribution < -0.4 is 0 Å². The van der Waals surface area contributed by atoms with Gasteiger partial charge in [0.05, 0.1) is 12.3 Å². The summed E-state index contributed by atoms with van der Waals surface area (Å²) in [6.07, 6.45) is 11.2. The predicted octanol–water partition coefficient (Wildman–Crippen LogP) is 2.43.